The van der Waals surface area contributed by atoms with E-state index in [0.29, 0.717) is 5.75 Å². The third kappa shape index (κ3) is 2.91. The maximum atomic E-state index is 11.8. The van der Waals surface area contributed by atoms with Crippen molar-refractivity contribution >= 4 is 5.97 Å². The zero-order valence-corrected chi connectivity index (χ0v) is 10.9. The van der Waals surface area contributed by atoms with E-state index in [0.717, 1.165) is 0 Å². The number of hydrogen-bond acceptors (Lipinski definition) is 7. The van der Waals surface area contributed by atoms with Crippen LogP contribution in [-0.4, -0.2) is 59.6 Å². The van der Waals surface area contributed by atoms with Gasteiger partial charge in [-0.3, -0.25) is 0 Å². The van der Waals surface area contributed by atoms with Gasteiger partial charge in [0.2, 0.25) is 0 Å². The molecule has 1 aliphatic heterocycles. The summed E-state index contributed by atoms with van der Waals surface area (Å²) in [6.07, 6.45) is -3.01. The van der Waals surface area contributed by atoms with Crippen LogP contribution in [0.4, 0.5) is 0 Å². The first-order valence-corrected chi connectivity index (χ1v) is 5.97. The van der Waals surface area contributed by atoms with Crippen molar-refractivity contribution in [2.24, 2.45) is 0 Å². The Morgan fingerprint density at radius 1 is 1.40 bits per heavy atom. The van der Waals surface area contributed by atoms with Crippen molar-refractivity contribution in [3.05, 3.63) is 29.8 Å². The van der Waals surface area contributed by atoms with E-state index in [1.165, 1.54) is 19.2 Å². The number of carbonyl (C=O) groups excluding carboxylic acids is 1. The summed E-state index contributed by atoms with van der Waals surface area (Å²) in [5, 5.41) is 28.7. The summed E-state index contributed by atoms with van der Waals surface area (Å²) in [6.45, 7) is -0.790. The van der Waals surface area contributed by atoms with E-state index < -0.39 is 30.6 Å². The first-order chi connectivity index (χ1) is 9.46. The van der Waals surface area contributed by atoms with E-state index in [-0.39, 0.29) is 12.2 Å². The zero-order valence-electron chi connectivity index (χ0n) is 10.9. The highest BCUT2D eigenvalue weighted by Crippen LogP contribution is 2.24. The van der Waals surface area contributed by atoms with Crippen molar-refractivity contribution in [3.63, 3.8) is 0 Å². The van der Waals surface area contributed by atoms with Gasteiger partial charge in [-0.2, -0.15) is 0 Å². The molecule has 0 aromatic heterocycles. The predicted molar refractivity (Wildman–Crippen MR) is 66.2 cm³/mol. The van der Waals surface area contributed by atoms with Crippen molar-refractivity contribution in [2.75, 3.05) is 20.3 Å². The van der Waals surface area contributed by atoms with Gasteiger partial charge in [0.15, 0.2) is 11.9 Å². The van der Waals surface area contributed by atoms with Crippen LogP contribution in [0.3, 0.4) is 0 Å². The molecule has 0 amide bonds. The second-order valence-corrected chi connectivity index (χ2v) is 4.55. The van der Waals surface area contributed by atoms with Crippen LogP contribution in [0.5, 0.6) is 5.75 Å². The third-order valence-electron chi connectivity index (χ3n) is 3.10. The van der Waals surface area contributed by atoms with Crippen molar-refractivity contribution in [1.29, 1.82) is 0 Å². The van der Waals surface area contributed by atoms with Crippen molar-refractivity contribution in [1.82, 2.24) is 0 Å². The Morgan fingerprint density at radius 2 is 2.05 bits per heavy atom. The second kappa shape index (κ2) is 5.76. The lowest BCUT2D eigenvalue weighted by molar-refractivity contribution is -0.129. The number of rotatable bonds is 4. The average Bonchev–Trinajstić information content (AvgIpc) is 2.73. The van der Waals surface area contributed by atoms with Crippen LogP contribution >= 0.6 is 0 Å². The minimum atomic E-state index is -1.80. The lowest BCUT2D eigenvalue weighted by atomic mass is 10.0. The smallest absolute Gasteiger partial charge is 0.338 e. The molecule has 1 aliphatic rings. The maximum Gasteiger partial charge on any atom is 0.338 e. The first kappa shape index (κ1) is 14.7. The van der Waals surface area contributed by atoms with Crippen LogP contribution in [0, 0.1) is 0 Å². The maximum absolute atomic E-state index is 11.8. The largest absolute Gasteiger partial charge is 0.497 e. The molecule has 1 aromatic rings. The Labute approximate surface area is 115 Å². The van der Waals surface area contributed by atoms with Gasteiger partial charge in [-0.1, -0.05) is 0 Å². The molecule has 0 aliphatic carbocycles. The van der Waals surface area contributed by atoms with Crippen molar-refractivity contribution in [3.8, 4) is 5.75 Å². The summed E-state index contributed by atoms with van der Waals surface area (Å²) in [4.78, 5) is 11.8. The van der Waals surface area contributed by atoms with E-state index >= 15 is 0 Å². The highest BCUT2D eigenvalue weighted by Gasteiger charge is 2.48. The molecular weight excluding hydrogens is 268 g/mol. The van der Waals surface area contributed by atoms with Crippen molar-refractivity contribution < 1.29 is 34.3 Å². The third-order valence-corrected chi connectivity index (χ3v) is 3.10. The molecule has 110 valence electrons. The molecule has 0 bridgehead atoms. The number of ether oxygens (including phenoxy) is 3. The Hall–Kier alpha value is -1.67. The minimum absolute atomic E-state index is 0.281. The molecular formula is C13H16O7. The lowest BCUT2D eigenvalue weighted by Gasteiger charge is -2.24. The highest BCUT2D eigenvalue weighted by molar-refractivity contribution is 5.89. The monoisotopic (exact) mass is 284 g/mol. The number of aliphatic hydroxyl groups is 3. The molecule has 1 fully saturated rings. The molecule has 3 N–H and O–H groups in total. The van der Waals surface area contributed by atoms with E-state index in [9.17, 15) is 20.1 Å². The zero-order chi connectivity index (χ0) is 14.8. The number of aliphatic hydroxyl groups excluding tert-OH is 2. The van der Waals surface area contributed by atoms with Crippen LogP contribution in [0.15, 0.2) is 24.3 Å². The molecule has 20 heavy (non-hydrogen) atoms. The highest BCUT2D eigenvalue weighted by atomic mass is 16.6. The van der Waals surface area contributed by atoms with E-state index in [1.54, 1.807) is 12.1 Å². The number of carbonyl (C=O) groups is 1. The van der Waals surface area contributed by atoms with Gasteiger partial charge in [0.1, 0.15) is 18.5 Å². The van der Waals surface area contributed by atoms with Crippen LogP contribution in [0.2, 0.25) is 0 Å². The van der Waals surface area contributed by atoms with E-state index in [1.807, 2.05) is 0 Å². The lowest BCUT2D eigenvalue weighted by Crippen LogP contribution is -2.48. The predicted octanol–water partition coefficient (Wildman–Crippen LogP) is -0.707. The number of methoxy groups -OCH3 is 1. The standard InChI is InChI=1S/C13H16O7/c1-18-9-4-2-8(3-5-9)11(15)19-6-13(17)7-20-12(16)10(13)14/h2-5,10,12,14,16-17H,6-7H2,1H3. The molecule has 7 heteroatoms. The van der Waals surface area contributed by atoms with E-state index in [4.69, 9.17) is 14.2 Å². The molecule has 3 atom stereocenters. The molecule has 0 saturated carbocycles. The molecule has 7 nitrogen and oxygen atoms in total. The Balaban J connectivity index is 1.95. The van der Waals surface area contributed by atoms with Gasteiger partial charge in [0.25, 0.3) is 0 Å². The van der Waals surface area contributed by atoms with Crippen LogP contribution in [0.25, 0.3) is 0 Å². The van der Waals surface area contributed by atoms with Gasteiger partial charge >= 0.3 is 5.97 Å². The number of benzene rings is 1. The first-order valence-electron chi connectivity index (χ1n) is 5.97. The quantitative estimate of drug-likeness (QED) is 0.627. The SMILES string of the molecule is COc1ccc(C(=O)OCC2(O)COC(O)C2O)cc1. The van der Waals surface area contributed by atoms with Gasteiger partial charge in [0.05, 0.1) is 19.3 Å². The summed E-state index contributed by atoms with van der Waals surface area (Å²) < 4.78 is 14.6. The molecule has 1 heterocycles. The Bertz CT molecular complexity index is 472. The summed E-state index contributed by atoms with van der Waals surface area (Å²) >= 11 is 0. The van der Waals surface area contributed by atoms with E-state index in [2.05, 4.69) is 0 Å². The summed E-state index contributed by atoms with van der Waals surface area (Å²) in [6, 6.07) is 6.23. The van der Waals surface area contributed by atoms with Crippen molar-refractivity contribution in [2.45, 2.75) is 18.0 Å². The molecule has 2 rings (SSSR count). The van der Waals surface area contributed by atoms with Crippen LogP contribution in [-0.2, 0) is 9.47 Å². The summed E-state index contributed by atoms with van der Waals surface area (Å²) in [7, 11) is 1.51. The van der Waals surface area contributed by atoms with Gasteiger partial charge in [0, 0.05) is 0 Å². The summed E-state index contributed by atoms with van der Waals surface area (Å²) in [5.41, 5.74) is -1.52. The topological polar surface area (TPSA) is 105 Å². The number of hydrogen-bond donors (Lipinski definition) is 3. The minimum Gasteiger partial charge on any atom is -0.497 e. The Morgan fingerprint density at radius 3 is 2.55 bits per heavy atom. The molecule has 0 spiro atoms. The van der Waals surface area contributed by atoms with Crippen LogP contribution < -0.4 is 4.74 Å². The molecule has 1 aromatic carbocycles. The molecule has 1 saturated heterocycles. The molecule has 3 unspecified atom stereocenters. The van der Waals surface area contributed by atoms with Gasteiger partial charge in [-0.25, -0.2) is 4.79 Å². The van der Waals surface area contributed by atoms with Gasteiger partial charge < -0.3 is 29.5 Å². The normalized spacial score (nSPS) is 29.2. The fourth-order valence-corrected chi connectivity index (χ4v) is 1.80. The van der Waals surface area contributed by atoms with Gasteiger partial charge in [-0.05, 0) is 24.3 Å². The Kier molecular flexibility index (Phi) is 4.24. The van der Waals surface area contributed by atoms with Crippen LogP contribution in [0.1, 0.15) is 10.4 Å². The molecule has 0 radical (unpaired) electrons. The number of esters is 1. The summed E-state index contributed by atoms with van der Waals surface area (Å²) in [5.74, 6) is -0.0578. The van der Waals surface area contributed by atoms with Gasteiger partial charge in [-0.15, -0.1) is 0 Å². The fourth-order valence-electron chi connectivity index (χ4n) is 1.80. The average molecular weight is 284 g/mol. The second-order valence-electron chi connectivity index (χ2n) is 4.55. The fraction of sp³-hybridized carbons (Fsp3) is 0.462.